The van der Waals surface area contributed by atoms with Crippen LogP contribution in [0.3, 0.4) is 0 Å². The second-order valence-electron chi connectivity index (χ2n) is 2.85. The van der Waals surface area contributed by atoms with E-state index < -0.39 is 8.03 Å². The highest BCUT2D eigenvalue weighted by Crippen LogP contribution is 2.17. The summed E-state index contributed by atoms with van der Waals surface area (Å²) in [4.78, 5) is 8.68. The lowest BCUT2D eigenvalue weighted by Gasteiger charge is -2.13. The van der Waals surface area contributed by atoms with Gasteiger partial charge in [-0.15, -0.1) is 0 Å². The molecule has 0 radical (unpaired) electrons. The van der Waals surface area contributed by atoms with Crippen LogP contribution >= 0.6 is 8.03 Å². The Morgan fingerprint density at radius 1 is 1.50 bits per heavy atom. The minimum Gasteiger partial charge on any atom is -0.378 e. The van der Waals surface area contributed by atoms with Gasteiger partial charge in [0.15, 0.2) is 8.03 Å². The molecule has 0 aromatic heterocycles. The third-order valence-electron chi connectivity index (χ3n) is 1.71. The molecule has 74 valence electrons. The normalized spacial score (nSPS) is 15.9. The quantitative estimate of drug-likeness (QED) is 0.498. The van der Waals surface area contributed by atoms with Crippen molar-refractivity contribution in [1.29, 1.82) is 0 Å². The Morgan fingerprint density at radius 3 is 2.58 bits per heavy atom. The Bertz CT molecular complexity index is 127. The monoisotopic (exact) mass is 194 g/mol. The molecule has 4 heteroatoms. The SMILES string of the molecule is CCCCOC(CC)C[PH](=O)O. The fourth-order valence-corrected chi connectivity index (χ4v) is 1.71. The van der Waals surface area contributed by atoms with Crippen molar-refractivity contribution in [2.75, 3.05) is 12.8 Å². The van der Waals surface area contributed by atoms with Crippen LogP contribution in [0.5, 0.6) is 0 Å². The zero-order chi connectivity index (χ0) is 9.40. The maximum atomic E-state index is 10.5. The third kappa shape index (κ3) is 6.84. The molecule has 0 fully saturated rings. The largest absolute Gasteiger partial charge is 0.378 e. The summed E-state index contributed by atoms with van der Waals surface area (Å²) >= 11 is 0. The van der Waals surface area contributed by atoms with Crippen molar-refractivity contribution in [3.63, 3.8) is 0 Å². The number of rotatable bonds is 7. The fourth-order valence-electron chi connectivity index (χ4n) is 0.910. The summed E-state index contributed by atoms with van der Waals surface area (Å²) in [6.45, 7) is 4.78. The summed E-state index contributed by atoms with van der Waals surface area (Å²) in [6, 6.07) is 0. The van der Waals surface area contributed by atoms with E-state index in [1.54, 1.807) is 0 Å². The second-order valence-corrected chi connectivity index (χ2v) is 4.05. The summed E-state index contributed by atoms with van der Waals surface area (Å²) in [6.07, 6.45) is 3.24. The van der Waals surface area contributed by atoms with Gasteiger partial charge in [-0.05, 0) is 12.8 Å². The van der Waals surface area contributed by atoms with Gasteiger partial charge in [-0.2, -0.15) is 0 Å². The maximum absolute atomic E-state index is 10.5. The van der Waals surface area contributed by atoms with Crippen LogP contribution in [0.25, 0.3) is 0 Å². The van der Waals surface area contributed by atoms with Crippen LogP contribution in [0.4, 0.5) is 0 Å². The minimum atomic E-state index is -2.36. The molecule has 0 bridgehead atoms. The smallest absolute Gasteiger partial charge is 0.191 e. The highest BCUT2D eigenvalue weighted by Gasteiger charge is 2.08. The van der Waals surface area contributed by atoms with E-state index in [2.05, 4.69) is 6.92 Å². The zero-order valence-corrected chi connectivity index (χ0v) is 8.88. The van der Waals surface area contributed by atoms with Gasteiger partial charge in [-0.25, -0.2) is 0 Å². The van der Waals surface area contributed by atoms with Crippen LogP contribution in [0.15, 0.2) is 0 Å². The molecule has 0 aliphatic heterocycles. The number of hydrogen-bond donors (Lipinski definition) is 1. The lowest BCUT2D eigenvalue weighted by atomic mass is 10.3. The molecule has 0 aliphatic rings. The number of unbranched alkanes of at least 4 members (excludes halogenated alkanes) is 1. The van der Waals surface area contributed by atoms with Crippen LogP contribution in [0.2, 0.25) is 0 Å². The summed E-state index contributed by atoms with van der Waals surface area (Å²) in [7, 11) is -2.36. The maximum Gasteiger partial charge on any atom is 0.191 e. The van der Waals surface area contributed by atoms with Gasteiger partial charge in [-0.1, -0.05) is 20.3 Å². The summed E-state index contributed by atoms with van der Waals surface area (Å²) in [5.74, 6) is 0. The molecule has 0 amide bonds. The Labute approximate surface area is 75.0 Å². The molecular formula is C8H19O3P. The minimum absolute atomic E-state index is 0.0204. The molecule has 0 saturated heterocycles. The van der Waals surface area contributed by atoms with Crippen LogP contribution in [0, 0.1) is 0 Å². The van der Waals surface area contributed by atoms with E-state index in [4.69, 9.17) is 9.63 Å². The van der Waals surface area contributed by atoms with Crippen LogP contribution in [-0.2, 0) is 9.30 Å². The predicted octanol–water partition coefficient (Wildman–Crippen LogP) is 2.05. The number of ether oxygens (including phenoxy) is 1. The van der Waals surface area contributed by atoms with Crippen LogP contribution in [-0.4, -0.2) is 23.8 Å². The van der Waals surface area contributed by atoms with E-state index in [9.17, 15) is 4.57 Å². The van der Waals surface area contributed by atoms with E-state index in [0.29, 0.717) is 12.8 Å². The van der Waals surface area contributed by atoms with Crippen LogP contribution in [0.1, 0.15) is 33.1 Å². The molecule has 0 spiro atoms. The van der Waals surface area contributed by atoms with Crippen molar-refractivity contribution in [2.24, 2.45) is 0 Å². The molecule has 0 heterocycles. The average molecular weight is 194 g/mol. The fraction of sp³-hybridized carbons (Fsp3) is 1.00. The van der Waals surface area contributed by atoms with Gasteiger partial charge >= 0.3 is 0 Å². The van der Waals surface area contributed by atoms with Gasteiger partial charge in [0.1, 0.15) is 0 Å². The van der Waals surface area contributed by atoms with Crippen molar-refractivity contribution >= 4 is 8.03 Å². The highest BCUT2D eigenvalue weighted by atomic mass is 31.1. The van der Waals surface area contributed by atoms with Gasteiger partial charge in [0.25, 0.3) is 0 Å². The van der Waals surface area contributed by atoms with Gasteiger partial charge in [0.05, 0.1) is 6.10 Å². The molecule has 3 nitrogen and oxygen atoms in total. The van der Waals surface area contributed by atoms with E-state index in [1.807, 2.05) is 6.92 Å². The first kappa shape index (κ1) is 12.2. The summed E-state index contributed by atoms with van der Waals surface area (Å²) < 4.78 is 15.9. The number of hydrogen-bond acceptors (Lipinski definition) is 2. The Kier molecular flexibility index (Phi) is 7.88. The lowest BCUT2D eigenvalue weighted by Crippen LogP contribution is -2.15. The first-order valence-electron chi connectivity index (χ1n) is 4.54. The van der Waals surface area contributed by atoms with Gasteiger partial charge in [0, 0.05) is 12.8 Å². The van der Waals surface area contributed by atoms with Crippen molar-refractivity contribution in [1.82, 2.24) is 0 Å². The van der Waals surface area contributed by atoms with Gasteiger partial charge in [-0.3, -0.25) is 4.57 Å². The molecule has 0 aromatic rings. The summed E-state index contributed by atoms with van der Waals surface area (Å²) in [5, 5.41) is 0. The van der Waals surface area contributed by atoms with E-state index in [1.165, 1.54) is 0 Å². The first-order valence-corrected chi connectivity index (χ1v) is 6.10. The van der Waals surface area contributed by atoms with Crippen molar-refractivity contribution in [3.8, 4) is 0 Å². The van der Waals surface area contributed by atoms with Gasteiger partial charge in [0.2, 0.25) is 0 Å². The molecule has 0 rings (SSSR count). The molecule has 2 atom stereocenters. The second kappa shape index (κ2) is 7.78. The molecule has 1 N–H and O–H groups in total. The van der Waals surface area contributed by atoms with Gasteiger partial charge < -0.3 is 9.63 Å². The van der Waals surface area contributed by atoms with Crippen molar-refractivity contribution < 1.29 is 14.2 Å². The molecule has 2 unspecified atom stereocenters. The molecule has 12 heavy (non-hydrogen) atoms. The molecular weight excluding hydrogens is 175 g/mol. The average Bonchev–Trinajstić information content (AvgIpc) is 2.02. The Morgan fingerprint density at radius 2 is 2.17 bits per heavy atom. The third-order valence-corrected chi connectivity index (χ3v) is 2.51. The van der Waals surface area contributed by atoms with E-state index >= 15 is 0 Å². The topological polar surface area (TPSA) is 46.5 Å². The molecule has 0 aliphatic carbocycles. The molecule has 0 aromatic carbocycles. The summed E-state index contributed by atoms with van der Waals surface area (Å²) in [5.41, 5.74) is 0. The Hall–Kier alpha value is 0.150. The predicted molar refractivity (Wildman–Crippen MR) is 51.0 cm³/mol. The zero-order valence-electron chi connectivity index (χ0n) is 7.88. The highest BCUT2D eigenvalue weighted by molar-refractivity contribution is 7.38. The lowest BCUT2D eigenvalue weighted by molar-refractivity contribution is 0.0629. The standard InChI is InChI=1S/C8H19O3P/c1-3-5-6-11-8(4-2)7-12(9)10/h8,12H,3-7H2,1-2H3,(H,9,10). The van der Waals surface area contributed by atoms with Crippen molar-refractivity contribution in [3.05, 3.63) is 0 Å². The van der Waals surface area contributed by atoms with E-state index in [0.717, 1.165) is 19.3 Å². The van der Waals surface area contributed by atoms with Crippen LogP contribution < -0.4 is 0 Å². The van der Waals surface area contributed by atoms with E-state index in [-0.39, 0.29) is 6.10 Å². The van der Waals surface area contributed by atoms with Crippen molar-refractivity contribution in [2.45, 2.75) is 39.2 Å². The first-order chi connectivity index (χ1) is 5.70. The Balaban J connectivity index is 3.46. The molecule has 0 saturated carbocycles.